The van der Waals surface area contributed by atoms with Gasteiger partial charge < -0.3 is 15.0 Å². The fraction of sp³-hybridized carbons (Fsp3) is 0.929. The zero-order valence-electron chi connectivity index (χ0n) is 11.7. The van der Waals surface area contributed by atoms with Crippen molar-refractivity contribution in [2.24, 2.45) is 5.41 Å². The van der Waals surface area contributed by atoms with Gasteiger partial charge in [-0.25, -0.2) is 0 Å². The zero-order valence-corrected chi connectivity index (χ0v) is 11.7. The number of hydrogen-bond donors (Lipinski definition) is 1. The average Bonchev–Trinajstić information content (AvgIpc) is 2.47. The molecule has 0 radical (unpaired) electrons. The molecule has 2 heterocycles. The van der Waals surface area contributed by atoms with Crippen molar-refractivity contribution < 1.29 is 9.53 Å². The second-order valence-electron chi connectivity index (χ2n) is 5.54. The number of rotatable bonds is 3. The molecule has 2 saturated heterocycles. The number of hydrogen-bond acceptors (Lipinski definition) is 3. The van der Waals surface area contributed by atoms with Gasteiger partial charge >= 0.3 is 0 Å². The minimum absolute atomic E-state index is 0.110. The maximum Gasteiger partial charge on any atom is 0.229 e. The lowest BCUT2D eigenvalue weighted by molar-refractivity contribution is -0.151. The van der Waals surface area contributed by atoms with Crippen LogP contribution in [0.5, 0.6) is 0 Å². The highest BCUT2D eigenvalue weighted by atomic mass is 16.5. The molecule has 18 heavy (non-hydrogen) atoms. The molecule has 1 amide bonds. The van der Waals surface area contributed by atoms with Gasteiger partial charge in [0.2, 0.25) is 5.91 Å². The van der Waals surface area contributed by atoms with Gasteiger partial charge in [0.25, 0.3) is 0 Å². The van der Waals surface area contributed by atoms with Crippen molar-refractivity contribution in [3.05, 3.63) is 0 Å². The Morgan fingerprint density at radius 1 is 1.39 bits per heavy atom. The van der Waals surface area contributed by atoms with Crippen LogP contribution in [0, 0.1) is 5.41 Å². The van der Waals surface area contributed by atoms with Gasteiger partial charge in [-0.05, 0) is 38.8 Å². The highest BCUT2D eigenvalue weighted by Crippen LogP contribution is 2.35. The second-order valence-corrected chi connectivity index (χ2v) is 5.54. The Labute approximate surface area is 110 Å². The minimum Gasteiger partial charge on any atom is -0.375 e. The molecule has 104 valence electrons. The summed E-state index contributed by atoms with van der Waals surface area (Å²) >= 11 is 0. The Kier molecular flexibility index (Phi) is 4.62. The SMILES string of the molecule is CCC1CN(C(=O)C2(CC)CCNCC2)CCO1. The van der Waals surface area contributed by atoms with E-state index in [0.717, 1.165) is 51.9 Å². The standard InChI is InChI=1S/C14H26N2O2/c1-3-12-11-16(9-10-18-12)13(17)14(4-2)5-7-15-8-6-14/h12,15H,3-11H2,1-2H3. The highest BCUT2D eigenvalue weighted by Gasteiger charge is 2.41. The second kappa shape index (κ2) is 6.02. The first-order valence-electron chi connectivity index (χ1n) is 7.33. The van der Waals surface area contributed by atoms with Crippen molar-refractivity contribution in [2.75, 3.05) is 32.8 Å². The van der Waals surface area contributed by atoms with E-state index in [9.17, 15) is 4.79 Å². The fourth-order valence-electron chi connectivity index (χ4n) is 3.11. The summed E-state index contributed by atoms with van der Waals surface area (Å²) in [6, 6.07) is 0. The van der Waals surface area contributed by atoms with Crippen LogP contribution in [0.2, 0.25) is 0 Å². The van der Waals surface area contributed by atoms with Crippen LogP contribution in [0.1, 0.15) is 39.5 Å². The monoisotopic (exact) mass is 254 g/mol. The topological polar surface area (TPSA) is 41.6 Å². The van der Waals surface area contributed by atoms with Crippen LogP contribution in [-0.4, -0.2) is 49.7 Å². The van der Waals surface area contributed by atoms with Crippen LogP contribution in [-0.2, 0) is 9.53 Å². The lowest BCUT2D eigenvalue weighted by Gasteiger charge is -2.42. The van der Waals surface area contributed by atoms with Crippen molar-refractivity contribution >= 4 is 5.91 Å². The molecule has 4 heteroatoms. The first-order valence-corrected chi connectivity index (χ1v) is 7.33. The molecule has 2 rings (SSSR count). The Balaban J connectivity index is 2.04. The lowest BCUT2D eigenvalue weighted by Crippen LogP contribution is -2.53. The van der Waals surface area contributed by atoms with E-state index >= 15 is 0 Å². The largest absolute Gasteiger partial charge is 0.375 e. The third kappa shape index (κ3) is 2.69. The molecule has 0 saturated carbocycles. The molecule has 2 fully saturated rings. The van der Waals surface area contributed by atoms with Crippen molar-refractivity contribution in [3.8, 4) is 0 Å². The summed E-state index contributed by atoms with van der Waals surface area (Å²) in [5, 5.41) is 3.36. The Hall–Kier alpha value is -0.610. The van der Waals surface area contributed by atoms with Gasteiger partial charge in [-0.3, -0.25) is 4.79 Å². The molecule has 0 aromatic heterocycles. The third-order valence-corrected chi connectivity index (χ3v) is 4.57. The van der Waals surface area contributed by atoms with Crippen molar-refractivity contribution in [3.63, 3.8) is 0 Å². The van der Waals surface area contributed by atoms with Gasteiger partial charge in [0, 0.05) is 13.1 Å². The van der Waals surface area contributed by atoms with E-state index in [1.54, 1.807) is 0 Å². The summed E-state index contributed by atoms with van der Waals surface area (Å²) in [4.78, 5) is 14.9. The molecule has 1 N–H and O–H groups in total. The smallest absolute Gasteiger partial charge is 0.229 e. The van der Waals surface area contributed by atoms with Crippen LogP contribution in [0.15, 0.2) is 0 Å². The molecule has 4 nitrogen and oxygen atoms in total. The highest BCUT2D eigenvalue weighted by molar-refractivity contribution is 5.83. The number of morpholine rings is 1. The van der Waals surface area contributed by atoms with Crippen LogP contribution in [0.4, 0.5) is 0 Å². The number of nitrogens with zero attached hydrogens (tertiary/aromatic N) is 1. The summed E-state index contributed by atoms with van der Waals surface area (Å²) in [7, 11) is 0. The number of nitrogens with one attached hydrogen (secondary N) is 1. The molecule has 2 aliphatic heterocycles. The van der Waals surface area contributed by atoms with Gasteiger partial charge in [0.15, 0.2) is 0 Å². The molecule has 2 aliphatic rings. The maximum atomic E-state index is 12.8. The normalized spacial score (nSPS) is 28.1. The first-order chi connectivity index (χ1) is 8.72. The summed E-state index contributed by atoms with van der Waals surface area (Å²) in [6.07, 6.45) is 4.15. The van der Waals surface area contributed by atoms with Crippen LogP contribution in [0.25, 0.3) is 0 Å². The van der Waals surface area contributed by atoms with E-state index in [4.69, 9.17) is 4.74 Å². The summed E-state index contributed by atoms with van der Waals surface area (Å²) < 4.78 is 5.66. The molecular weight excluding hydrogens is 228 g/mol. The molecule has 0 spiro atoms. The number of ether oxygens (including phenoxy) is 1. The summed E-state index contributed by atoms with van der Waals surface area (Å²) in [5.74, 6) is 0.369. The predicted octanol–water partition coefficient (Wildman–Crippen LogP) is 1.40. The molecule has 0 aliphatic carbocycles. The number of carbonyl (C=O) groups excluding carboxylic acids is 1. The van der Waals surface area contributed by atoms with E-state index in [-0.39, 0.29) is 11.5 Å². The maximum absolute atomic E-state index is 12.8. The molecule has 1 atom stereocenters. The Bertz CT molecular complexity index is 288. The van der Waals surface area contributed by atoms with Crippen LogP contribution in [0.3, 0.4) is 0 Å². The molecular formula is C14H26N2O2. The van der Waals surface area contributed by atoms with E-state index in [2.05, 4.69) is 19.2 Å². The van der Waals surface area contributed by atoms with Crippen molar-refractivity contribution in [1.29, 1.82) is 0 Å². The van der Waals surface area contributed by atoms with Crippen LogP contribution >= 0.6 is 0 Å². The number of piperidine rings is 1. The number of amides is 1. The van der Waals surface area contributed by atoms with Gasteiger partial charge in [-0.2, -0.15) is 0 Å². The minimum atomic E-state index is -0.110. The molecule has 0 bridgehead atoms. The van der Waals surface area contributed by atoms with E-state index in [1.807, 2.05) is 4.90 Å². The van der Waals surface area contributed by atoms with Gasteiger partial charge in [-0.15, -0.1) is 0 Å². The van der Waals surface area contributed by atoms with Gasteiger partial charge in [0.05, 0.1) is 18.1 Å². The Morgan fingerprint density at radius 2 is 2.11 bits per heavy atom. The van der Waals surface area contributed by atoms with Crippen molar-refractivity contribution in [1.82, 2.24) is 10.2 Å². The van der Waals surface area contributed by atoms with Crippen molar-refractivity contribution in [2.45, 2.75) is 45.6 Å². The van der Waals surface area contributed by atoms with E-state index in [1.165, 1.54) is 0 Å². The third-order valence-electron chi connectivity index (χ3n) is 4.57. The fourth-order valence-corrected chi connectivity index (χ4v) is 3.11. The van der Waals surface area contributed by atoms with Gasteiger partial charge in [0.1, 0.15) is 0 Å². The first kappa shape index (κ1) is 13.8. The van der Waals surface area contributed by atoms with Crippen LogP contribution < -0.4 is 5.32 Å². The van der Waals surface area contributed by atoms with Gasteiger partial charge in [-0.1, -0.05) is 13.8 Å². The quantitative estimate of drug-likeness (QED) is 0.828. The molecule has 0 aromatic rings. The van der Waals surface area contributed by atoms with E-state index < -0.39 is 0 Å². The Morgan fingerprint density at radius 3 is 2.72 bits per heavy atom. The zero-order chi connectivity index (χ0) is 13.0. The average molecular weight is 254 g/mol. The lowest BCUT2D eigenvalue weighted by atomic mass is 9.75. The summed E-state index contributed by atoms with van der Waals surface area (Å²) in [6.45, 7) is 8.47. The number of carbonyl (C=O) groups is 1. The predicted molar refractivity (Wildman–Crippen MR) is 71.4 cm³/mol. The summed E-state index contributed by atoms with van der Waals surface area (Å²) in [5.41, 5.74) is -0.110. The molecule has 1 unspecified atom stereocenters. The van der Waals surface area contributed by atoms with E-state index in [0.29, 0.717) is 12.5 Å². The molecule has 0 aromatic carbocycles.